The molecule has 4 rings (SSSR count). The van der Waals surface area contributed by atoms with Crippen LogP contribution in [-0.4, -0.2) is 51.0 Å². The van der Waals surface area contributed by atoms with Crippen LogP contribution in [0.25, 0.3) is 5.82 Å². The van der Waals surface area contributed by atoms with Crippen molar-refractivity contribution in [2.75, 3.05) is 23.3 Å². The summed E-state index contributed by atoms with van der Waals surface area (Å²) in [6.07, 6.45) is 3.54. The molecule has 1 saturated heterocycles. The van der Waals surface area contributed by atoms with Gasteiger partial charge in [0.1, 0.15) is 5.82 Å². The Morgan fingerprint density at radius 1 is 1.03 bits per heavy atom. The molecule has 1 fully saturated rings. The second-order valence-electron chi connectivity index (χ2n) is 7.77. The maximum absolute atomic E-state index is 12.6. The Morgan fingerprint density at radius 3 is 2.30 bits per heavy atom. The highest BCUT2D eigenvalue weighted by atomic mass is 16.5. The van der Waals surface area contributed by atoms with E-state index in [0.717, 1.165) is 30.3 Å². The van der Waals surface area contributed by atoms with E-state index in [1.807, 2.05) is 38.1 Å². The van der Waals surface area contributed by atoms with Crippen molar-refractivity contribution >= 4 is 17.4 Å². The molecule has 8 nitrogen and oxygen atoms in total. The summed E-state index contributed by atoms with van der Waals surface area (Å²) in [7, 11) is 0. The summed E-state index contributed by atoms with van der Waals surface area (Å²) in [5.41, 5.74) is 3.05. The molecule has 0 aromatic carbocycles. The fourth-order valence-electron chi connectivity index (χ4n) is 3.72. The van der Waals surface area contributed by atoms with Crippen LogP contribution in [0.15, 0.2) is 42.7 Å². The van der Waals surface area contributed by atoms with Gasteiger partial charge in [-0.15, -0.1) is 0 Å². The van der Waals surface area contributed by atoms with E-state index >= 15 is 0 Å². The Kier molecular flexibility index (Phi) is 5.50. The van der Waals surface area contributed by atoms with Gasteiger partial charge in [0.2, 0.25) is 0 Å². The first kappa shape index (κ1) is 20.0. The number of nitrogens with zero attached hydrogens (tertiary/aromatic N) is 5. The number of morpholine rings is 1. The third-order valence-corrected chi connectivity index (χ3v) is 4.99. The number of amides is 1. The van der Waals surface area contributed by atoms with Gasteiger partial charge < -0.3 is 15.0 Å². The molecular weight excluding hydrogens is 380 g/mol. The molecule has 156 valence electrons. The van der Waals surface area contributed by atoms with E-state index in [1.165, 1.54) is 0 Å². The minimum absolute atomic E-state index is 0.156. The van der Waals surface area contributed by atoms with Gasteiger partial charge in [-0.3, -0.25) is 4.79 Å². The van der Waals surface area contributed by atoms with Crippen LogP contribution in [0.3, 0.4) is 0 Å². The van der Waals surface area contributed by atoms with Gasteiger partial charge >= 0.3 is 0 Å². The summed E-state index contributed by atoms with van der Waals surface area (Å²) in [5.74, 6) is 1.33. The van der Waals surface area contributed by atoms with Gasteiger partial charge in [-0.1, -0.05) is 0 Å². The molecule has 0 radical (unpaired) electrons. The average molecular weight is 406 g/mol. The van der Waals surface area contributed by atoms with Crippen LogP contribution in [0.2, 0.25) is 0 Å². The first-order valence-electron chi connectivity index (χ1n) is 10.1. The highest BCUT2D eigenvalue weighted by Crippen LogP contribution is 2.19. The molecule has 0 spiro atoms. The number of hydrogen-bond donors (Lipinski definition) is 1. The lowest BCUT2D eigenvalue weighted by Gasteiger charge is -2.36. The van der Waals surface area contributed by atoms with Gasteiger partial charge in [-0.2, -0.15) is 5.10 Å². The van der Waals surface area contributed by atoms with E-state index in [0.29, 0.717) is 17.1 Å². The molecule has 1 aliphatic rings. The molecule has 0 saturated carbocycles. The highest BCUT2D eigenvalue weighted by Gasteiger charge is 2.23. The summed E-state index contributed by atoms with van der Waals surface area (Å²) in [5, 5.41) is 7.29. The van der Waals surface area contributed by atoms with Crippen molar-refractivity contribution in [3.63, 3.8) is 0 Å². The summed E-state index contributed by atoms with van der Waals surface area (Å²) >= 11 is 0. The molecule has 4 heterocycles. The molecule has 0 bridgehead atoms. The Labute approximate surface area is 175 Å². The summed E-state index contributed by atoms with van der Waals surface area (Å²) in [6.45, 7) is 9.60. The van der Waals surface area contributed by atoms with E-state index in [9.17, 15) is 4.79 Å². The quantitative estimate of drug-likeness (QED) is 0.716. The van der Waals surface area contributed by atoms with Gasteiger partial charge in [-0.25, -0.2) is 14.6 Å². The van der Waals surface area contributed by atoms with Gasteiger partial charge in [0, 0.05) is 25.0 Å². The van der Waals surface area contributed by atoms with E-state index in [4.69, 9.17) is 4.74 Å². The molecule has 0 aliphatic carbocycles. The number of ether oxygens (including phenoxy) is 1. The van der Waals surface area contributed by atoms with Crippen molar-refractivity contribution in [2.45, 2.75) is 39.9 Å². The molecule has 1 aliphatic heterocycles. The van der Waals surface area contributed by atoms with Gasteiger partial charge in [-0.05, 0) is 58.0 Å². The van der Waals surface area contributed by atoms with E-state index in [1.54, 1.807) is 23.1 Å². The normalized spacial score (nSPS) is 19.0. The molecule has 30 heavy (non-hydrogen) atoms. The van der Waals surface area contributed by atoms with Crippen LogP contribution in [0.1, 0.15) is 35.6 Å². The maximum atomic E-state index is 12.6. The molecule has 1 amide bonds. The first-order chi connectivity index (χ1) is 14.4. The summed E-state index contributed by atoms with van der Waals surface area (Å²) in [6, 6.07) is 9.31. The smallest absolute Gasteiger partial charge is 0.257 e. The summed E-state index contributed by atoms with van der Waals surface area (Å²) in [4.78, 5) is 23.7. The molecule has 2 atom stereocenters. The molecular formula is C22H26N6O2. The van der Waals surface area contributed by atoms with Crippen LogP contribution in [0.5, 0.6) is 0 Å². The lowest BCUT2D eigenvalue weighted by atomic mass is 10.2. The van der Waals surface area contributed by atoms with E-state index in [2.05, 4.69) is 39.1 Å². The standard InChI is InChI=1S/C22H26N6O2/c1-14-9-15(2)28(26-14)21-8-6-19(11-24-21)25-22(29)18-5-7-20(23-10-18)27-12-16(3)30-17(4)13-27/h5-11,16-17H,12-13H2,1-4H3,(H,25,29)/t16-,17-/m0/s1. The largest absolute Gasteiger partial charge is 0.372 e. The number of carbonyl (C=O) groups excluding carboxylic acids is 1. The van der Waals surface area contributed by atoms with Crippen LogP contribution in [0.4, 0.5) is 11.5 Å². The van der Waals surface area contributed by atoms with Crippen molar-refractivity contribution in [2.24, 2.45) is 0 Å². The number of anilines is 2. The van der Waals surface area contributed by atoms with Crippen molar-refractivity contribution in [1.29, 1.82) is 0 Å². The summed E-state index contributed by atoms with van der Waals surface area (Å²) < 4.78 is 7.54. The Hall–Kier alpha value is -3.26. The highest BCUT2D eigenvalue weighted by molar-refractivity contribution is 6.04. The monoisotopic (exact) mass is 406 g/mol. The van der Waals surface area contributed by atoms with Crippen LogP contribution in [-0.2, 0) is 4.74 Å². The number of carbonyl (C=O) groups is 1. The van der Waals surface area contributed by atoms with Gasteiger partial charge in [0.15, 0.2) is 5.82 Å². The minimum Gasteiger partial charge on any atom is -0.372 e. The average Bonchev–Trinajstić information content (AvgIpc) is 3.06. The van der Waals surface area contributed by atoms with Crippen molar-refractivity contribution < 1.29 is 9.53 Å². The van der Waals surface area contributed by atoms with Crippen molar-refractivity contribution in [3.8, 4) is 5.82 Å². The maximum Gasteiger partial charge on any atom is 0.257 e. The Morgan fingerprint density at radius 2 is 1.73 bits per heavy atom. The number of aryl methyl sites for hydroxylation is 2. The number of rotatable bonds is 4. The molecule has 1 N–H and O–H groups in total. The van der Waals surface area contributed by atoms with E-state index < -0.39 is 0 Å². The first-order valence-corrected chi connectivity index (χ1v) is 10.1. The fourth-order valence-corrected chi connectivity index (χ4v) is 3.72. The zero-order chi connectivity index (χ0) is 21.3. The number of aromatic nitrogens is 4. The third-order valence-electron chi connectivity index (χ3n) is 4.99. The van der Waals surface area contributed by atoms with Crippen LogP contribution < -0.4 is 10.2 Å². The zero-order valence-electron chi connectivity index (χ0n) is 17.7. The number of nitrogens with one attached hydrogen (secondary N) is 1. The van der Waals surface area contributed by atoms with Gasteiger partial charge in [0.25, 0.3) is 5.91 Å². The zero-order valence-corrected chi connectivity index (χ0v) is 17.7. The fraction of sp³-hybridized carbons (Fsp3) is 0.364. The minimum atomic E-state index is -0.224. The second kappa shape index (κ2) is 8.23. The third kappa shape index (κ3) is 4.33. The molecule has 3 aromatic heterocycles. The lowest BCUT2D eigenvalue weighted by Crippen LogP contribution is -2.45. The number of hydrogen-bond acceptors (Lipinski definition) is 6. The predicted octanol–water partition coefficient (Wildman–Crippen LogP) is 3.15. The molecule has 3 aromatic rings. The van der Waals surface area contributed by atoms with Crippen molar-refractivity contribution in [3.05, 3.63) is 59.7 Å². The molecule has 8 heteroatoms. The van der Waals surface area contributed by atoms with E-state index in [-0.39, 0.29) is 18.1 Å². The Bertz CT molecular complexity index is 1020. The number of pyridine rings is 2. The molecule has 0 unspecified atom stereocenters. The van der Waals surface area contributed by atoms with Crippen LogP contribution in [0, 0.1) is 13.8 Å². The SMILES string of the molecule is Cc1cc(C)n(-c2ccc(NC(=O)c3ccc(N4C[C@H](C)O[C@@H](C)C4)nc3)cn2)n1. The van der Waals surface area contributed by atoms with Crippen LogP contribution >= 0.6 is 0 Å². The lowest BCUT2D eigenvalue weighted by molar-refractivity contribution is -0.00546. The second-order valence-corrected chi connectivity index (χ2v) is 7.77. The predicted molar refractivity (Wildman–Crippen MR) is 115 cm³/mol. The van der Waals surface area contributed by atoms with Gasteiger partial charge in [0.05, 0.1) is 35.3 Å². The van der Waals surface area contributed by atoms with Crippen molar-refractivity contribution in [1.82, 2.24) is 19.7 Å². The topological polar surface area (TPSA) is 85.2 Å². The Balaban J connectivity index is 1.42.